The summed E-state index contributed by atoms with van der Waals surface area (Å²) in [7, 11) is 0. The van der Waals surface area contributed by atoms with Crippen LogP contribution in [0.1, 0.15) is 31.0 Å². The Morgan fingerprint density at radius 1 is 1.32 bits per heavy atom. The van der Waals surface area contributed by atoms with E-state index in [4.69, 9.17) is 5.11 Å². The van der Waals surface area contributed by atoms with Gasteiger partial charge in [0.25, 0.3) is 0 Å². The number of pyridine rings is 1. The number of aliphatic hydroxyl groups excluding tert-OH is 1. The molecule has 1 N–H and O–H groups in total. The van der Waals surface area contributed by atoms with E-state index < -0.39 is 11.7 Å². The van der Waals surface area contributed by atoms with E-state index in [1.807, 2.05) is 6.92 Å². The van der Waals surface area contributed by atoms with Crippen LogP contribution in [0, 0.1) is 0 Å². The Hall–Kier alpha value is -1.14. The third-order valence-corrected chi connectivity index (χ3v) is 2.81. The molecule has 0 amide bonds. The van der Waals surface area contributed by atoms with Crippen molar-refractivity contribution >= 4 is 0 Å². The molecule has 0 radical (unpaired) electrons. The molecule has 0 unspecified atom stereocenters. The SMILES string of the molecule is CCCCN(CCO)Cc1ncccc1C(F)(F)F. The Morgan fingerprint density at radius 3 is 2.63 bits per heavy atom. The maximum absolute atomic E-state index is 12.8. The van der Waals surface area contributed by atoms with Crippen molar-refractivity contribution in [1.29, 1.82) is 0 Å². The number of halogens is 3. The van der Waals surface area contributed by atoms with Crippen molar-refractivity contribution in [3.05, 3.63) is 29.6 Å². The van der Waals surface area contributed by atoms with Crippen molar-refractivity contribution in [2.45, 2.75) is 32.5 Å². The van der Waals surface area contributed by atoms with Gasteiger partial charge in [-0.05, 0) is 25.1 Å². The second kappa shape index (κ2) is 7.45. The molecule has 0 fully saturated rings. The molecule has 19 heavy (non-hydrogen) atoms. The molecule has 108 valence electrons. The number of hydrogen-bond donors (Lipinski definition) is 1. The number of rotatable bonds is 7. The number of hydrogen-bond acceptors (Lipinski definition) is 3. The molecule has 0 aromatic carbocycles. The number of nitrogens with zero attached hydrogens (tertiary/aromatic N) is 2. The maximum Gasteiger partial charge on any atom is 0.418 e. The first kappa shape index (κ1) is 15.9. The molecule has 0 saturated carbocycles. The van der Waals surface area contributed by atoms with Gasteiger partial charge >= 0.3 is 6.18 Å². The Labute approximate surface area is 111 Å². The summed E-state index contributed by atoms with van der Waals surface area (Å²) in [6.07, 6.45) is -1.19. The fourth-order valence-electron chi connectivity index (χ4n) is 1.83. The second-order valence-corrected chi connectivity index (χ2v) is 4.35. The number of aliphatic hydroxyl groups is 1. The van der Waals surface area contributed by atoms with Crippen molar-refractivity contribution in [2.24, 2.45) is 0 Å². The molecule has 0 aliphatic heterocycles. The first-order chi connectivity index (χ1) is 8.99. The van der Waals surface area contributed by atoms with E-state index in [2.05, 4.69) is 4.98 Å². The molecular formula is C13H19F3N2O. The van der Waals surface area contributed by atoms with E-state index in [0.29, 0.717) is 13.1 Å². The summed E-state index contributed by atoms with van der Waals surface area (Å²) >= 11 is 0. The first-order valence-corrected chi connectivity index (χ1v) is 6.33. The molecule has 0 saturated heterocycles. The van der Waals surface area contributed by atoms with Crippen LogP contribution in [0.2, 0.25) is 0 Å². The van der Waals surface area contributed by atoms with Crippen LogP contribution >= 0.6 is 0 Å². The smallest absolute Gasteiger partial charge is 0.395 e. The van der Waals surface area contributed by atoms with E-state index in [9.17, 15) is 13.2 Å². The first-order valence-electron chi connectivity index (χ1n) is 6.33. The third-order valence-electron chi connectivity index (χ3n) is 2.81. The zero-order valence-corrected chi connectivity index (χ0v) is 11.0. The van der Waals surface area contributed by atoms with Crippen LogP contribution in [-0.4, -0.2) is 34.7 Å². The summed E-state index contributed by atoms with van der Waals surface area (Å²) in [5, 5.41) is 8.96. The molecule has 0 bridgehead atoms. The fraction of sp³-hybridized carbons (Fsp3) is 0.615. The highest BCUT2D eigenvalue weighted by Crippen LogP contribution is 2.31. The van der Waals surface area contributed by atoms with Crippen LogP contribution < -0.4 is 0 Å². The zero-order valence-electron chi connectivity index (χ0n) is 11.0. The Balaban J connectivity index is 2.83. The van der Waals surface area contributed by atoms with Crippen molar-refractivity contribution in [1.82, 2.24) is 9.88 Å². The summed E-state index contributed by atoms with van der Waals surface area (Å²) in [6.45, 7) is 3.06. The van der Waals surface area contributed by atoms with Crippen molar-refractivity contribution in [2.75, 3.05) is 19.7 Å². The minimum Gasteiger partial charge on any atom is -0.395 e. The van der Waals surface area contributed by atoms with Gasteiger partial charge in [0.15, 0.2) is 0 Å². The van der Waals surface area contributed by atoms with Gasteiger partial charge in [0.1, 0.15) is 0 Å². The minimum absolute atomic E-state index is 0.0135. The summed E-state index contributed by atoms with van der Waals surface area (Å²) in [5.41, 5.74) is -0.686. The van der Waals surface area contributed by atoms with Gasteiger partial charge in [-0.3, -0.25) is 9.88 Å². The van der Waals surface area contributed by atoms with Gasteiger partial charge in [-0.15, -0.1) is 0 Å². The van der Waals surface area contributed by atoms with Gasteiger partial charge in [0, 0.05) is 19.3 Å². The van der Waals surface area contributed by atoms with Gasteiger partial charge in [0.05, 0.1) is 17.9 Å². The highest BCUT2D eigenvalue weighted by Gasteiger charge is 2.34. The van der Waals surface area contributed by atoms with E-state index in [-0.39, 0.29) is 18.8 Å². The summed E-state index contributed by atoms with van der Waals surface area (Å²) in [4.78, 5) is 5.62. The fourth-order valence-corrected chi connectivity index (χ4v) is 1.83. The molecule has 0 aliphatic rings. The molecule has 1 aromatic rings. The van der Waals surface area contributed by atoms with Crippen LogP contribution in [0.3, 0.4) is 0 Å². The zero-order chi connectivity index (χ0) is 14.3. The lowest BCUT2D eigenvalue weighted by molar-refractivity contribution is -0.138. The highest BCUT2D eigenvalue weighted by atomic mass is 19.4. The lowest BCUT2D eigenvalue weighted by atomic mass is 10.1. The van der Waals surface area contributed by atoms with Crippen LogP contribution in [0.15, 0.2) is 18.3 Å². The molecule has 1 aromatic heterocycles. The van der Waals surface area contributed by atoms with E-state index in [1.165, 1.54) is 12.3 Å². The highest BCUT2D eigenvalue weighted by molar-refractivity contribution is 5.22. The van der Waals surface area contributed by atoms with Crippen LogP contribution in [0.5, 0.6) is 0 Å². The van der Waals surface area contributed by atoms with E-state index >= 15 is 0 Å². The predicted octanol–water partition coefficient (Wildman–Crippen LogP) is 2.69. The average molecular weight is 276 g/mol. The molecule has 1 heterocycles. The molecule has 6 heteroatoms. The largest absolute Gasteiger partial charge is 0.418 e. The van der Waals surface area contributed by atoms with Crippen molar-refractivity contribution < 1.29 is 18.3 Å². The van der Waals surface area contributed by atoms with Crippen molar-refractivity contribution in [3.8, 4) is 0 Å². The predicted molar refractivity (Wildman–Crippen MR) is 66.5 cm³/mol. The lowest BCUT2D eigenvalue weighted by Crippen LogP contribution is -2.29. The molecule has 0 aliphatic carbocycles. The van der Waals surface area contributed by atoms with Crippen LogP contribution in [0.4, 0.5) is 13.2 Å². The number of aromatic nitrogens is 1. The topological polar surface area (TPSA) is 36.4 Å². The Morgan fingerprint density at radius 2 is 2.05 bits per heavy atom. The Bertz CT molecular complexity index is 382. The molecule has 1 rings (SSSR count). The monoisotopic (exact) mass is 276 g/mol. The molecule has 0 atom stereocenters. The number of unbranched alkanes of at least 4 members (excludes halogenated alkanes) is 1. The summed E-state index contributed by atoms with van der Waals surface area (Å²) in [5.74, 6) is 0. The normalized spacial score (nSPS) is 12.1. The van der Waals surface area contributed by atoms with E-state index in [0.717, 1.165) is 18.9 Å². The van der Waals surface area contributed by atoms with Crippen LogP contribution in [-0.2, 0) is 12.7 Å². The quantitative estimate of drug-likeness (QED) is 0.832. The van der Waals surface area contributed by atoms with E-state index in [1.54, 1.807) is 4.90 Å². The molecular weight excluding hydrogens is 257 g/mol. The minimum atomic E-state index is -4.39. The van der Waals surface area contributed by atoms with Crippen molar-refractivity contribution in [3.63, 3.8) is 0 Å². The standard InChI is InChI=1S/C13H19F3N2O/c1-2-3-7-18(8-9-19)10-12-11(13(14,15)16)5-4-6-17-12/h4-6,19H,2-3,7-10H2,1H3. The average Bonchev–Trinajstić information content (AvgIpc) is 2.35. The third kappa shape index (κ3) is 5.16. The van der Waals surface area contributed by atoms with Crippen LogP contribution in [0.25, 0.3) is 0 Å². The van der Waals surface area contributed by atoms with Gasteiger partial charge < -0.3 is 5.11 Å². The Kier molecular flexibility index (Phi) is 6.24. The lowest BCUT2D eigenvalue weighted by Gasteiger charge is -2.22. The molecule has 0 spiro atoms. The van der Waals surface area contributed by atoms with Gasteiger partial charge in [-0.1, -0.05) is 13.3 Å². The molecule has 3 nitrogen and oxygen atoms in total. The van der Waals surface area contributed by atoms with Gasteiger partial charge in [0.2, 0.25) is 0 Å². The summed E-state index contributed by atoms with van der Waals surface area (Å²) in [6, 6.07) is 2.33. The maximum atomic E-state index is 12.8. The van der Waals surface area contributed by atoms with Gasteiger partial charge in [-0.2, -0.15) is 13.2 Å². The number of alkyl halides is 3. The van der Waals surface area contributed by atoms with Gasteiger partial charge in [-0.25, -0.2) is 0 Å². The summed E-state index contributed by atoms with van der Waals surface area (Å²) < 4.78 is 38.5. The second-order valence-electron chi connectivity index (χ2n) is 4.35.